The van der Waals surface area contributed by atoms with E-state index in [1.54, 1.807) is 16.3 Å². The molecule has 1 aliphatic carbocycles. The van der Waals surface area contributed by atoms with Crippen LogP contribution in [0.5, 0.6) is 0 Å². The fourth-order valence-corrected chi connectivity index (χ4v) is 10.1. The van der Waals surface area contributed by atoms with Crippen molar-refractivity contribution in [2.24, 2.45) is 5.92 Å². The first kappa shape index (κ1) is 25.7. The largest absolute Gasteiger partial charge is 1.00 e. The van der Waals surface area contributed by atoms with Crippen LogP contribution in [0.4, 0.5) is 0 Å². The minimum atomic E-state index is -0.0348. The summed E-state index contributed by atoms with van der Waals surface area (Å²) in [5.41, 5.74) is 3.53. The Morgan fingerprint density at radius 1 is 1.09 bits per heavy atom. The van der Waals surface area contributed by atoms with Crippen molar-refractivity contribution in [3.63, 3.8) is 0 Å². The van der Waals surface area contributed by atoms with Crippen molar-refractivity contribution >= 4 is 12.6 Å². The van der Waals surface area contributed by atoms with Crippen LogP contribution in [0.15, 0.2) is 51.4 Å². The van der Waals surface area contributed by atoms with Gasteiger partial charge >= 0.3 is 135 Å². The molecule has 0 fully saturated rings. The van der Waals surface area contributed by atoms with Gasteiger partial charge < -0.3 is 37.2 Å². The van der Waals surface area contributed by atoms with Crippen molar-refractivity contribution in [2.45, 2.75) is 46.5 Å². The third-order valence-electron chi connectivity index (χ3n) is 4.22. The first-order valence-corrected chi connectivity index (χ1v) is 13.5. The number of hydrogen-bond donors (Lipinski definition) is 0. The summed E-state index contributed by atoms with van der Waals surface area (Å²) in [7, 11) is -0.0348. The molecule has 0 aliphatic heterocycles. The standard InChI is InChI=1S/C12H19.C6H7Si.3ClH.Ti/c1-4-6-11-7-8-12(9-11)10(3)5-2;7-6-4-2-1-3-5-6;;;;/h8,10H,4-7H2,1-3H3;1-5H,7H2;3*1H;/q;;;;;+3/p-3. The molecular formula is C18H26Cl3SiTi. The summed E-state index contributed by atoms with van der Waals surface area (Å²) in [4.78, 5) is 0. The molecule has 0 aromatic heterocycles. The van der Waals surface area contributed by atoms with E-state index < -0.39 is 0 Å². The van der Waals surface area contributed by atoms with Crippen LogP contribution in [-0.4, -0.2) is 7.39 Å². The monoisotopic (exact) mass is 423 g/mol. The Labute approximate surface area is 171 Å². The molecular weight excluding hydrogens is 399 g/mol. The van der Waals surface area contributed by atoms with Crippen molar-refractivity contribution in [3.05, 3.63) is 51.4 Å². The molecule has 0 spiro atoms. The predicted octanol–water partition coefficient (Wildman–Crippen LogP) is -5.08. The van der Waals surface area contributed by atoms with Gasteiger partial charge in [0.15, 0.2) is 0 Å². The molecule has 1 aromatic rings. The van der Waals surface area contributed by atoms with Crippen LogP contribution in [0.1, 0.15) is 46.5 Å². The maximum absolute atomic E-state index is 2.55. The predicted molar refractivity (Wildman–Crippen MR) is 88.7 cm³/mol. The normalized spacial score (nSPS) is 14.5. The number of halogens is 3. The Bertz CT molecular complexity index is 500. The Hall–Kier alpha value is 0.501. The van der Waals surface area contributed by atoms with E-state index in [1.807, 2.05) is 3.88 Å². The Morgan fingerprint density at radius 2 is 1.74 bits per heavy atom. The molecule has 0 nitrogen and oxygen atoms in total. The first-order chi connectivity index (χ1) is 9.76. The van der Waals surface area contributed by atoms with Crippen molar-refractivity contribution in [1.29, 1.82) is 0 Å². The van der Waals surface area contributed by atoms with Gasteiger partial charge in [0.25, 0.3) is 0 Å². The van der Waals surface area contributed by atoms with Crippen LogP contribution in [0, 0.1) is 5.92 Å². The van der Waals surface area contributed by atoms with Gasteiger partial charge in [-0.2, -0.15) is 0 Å². The number of rotatable bonds is 7. The molecule has 1 aromatic carbocycles. The van der Waals surface area contributed by atoms with Gasteiger partial charge in [0.2, 0.25) is 0 Å². The van der Waals surface area contributed by atoms with Crippen LogP contribution >= 0.6 is 0 Å². The van der Waals surface area contributed by atoms with Crippen molar-refractivity contribution in [1.82, 2.24) is 0 Å². The molecule has 0 radical (unpaired) electrons. The minimum Gasteiger partial charge on any atom is -1.00 e. The number of allylic oxidation sites excluding steroid dienone is 4. The van der Waals surface area contributed by atoms with Gasteiger partial charge in [-0.15, -0.1) is 0 Å². The van der Waals surface area contributed by atoms with Crippen molar-refractivity contribution < 1.29 is 55.6 Å². The topological polar surface area (TPSA) is 0 Å². The number of hydrogen-bond acceptors (Lipinski definition) is 0. The van der Waals surface area contributed by atoms with Crippen LogP contribution < -0.4 is 42.4 Å². The van der Waals surface area contributed by atoms with Crippen LogP contribution in [0.3, 0.4) is 0 Å². The van der Waals surface area contributed by atoms with E-state index in [9.17, 15) is 0 Å². The quantitative estimate of drug-likeness (QED) is 0.385. The molecule has 1 aliphatic rings. The van der Waals surface area contributed by atoms with Gasteiger partial charge in [-0.05, 0) is 0 Å². The molecule has 1 unspecified atom stereocenters. The van der Waals surface area contributed by atoms with E-state index in [0.29, 0.717) is 0 Å². The van der Waals surface area contributed by atoms with Gasteiger partial charge in [-0.25, -0.2) is 0 Å². The fraction of sp³-hybridized carbons (Fsp3) is 0.444. The zero-order valence-corrected chi connectivity index (χ0v) is 19.5. The van der Waals surface area contributed by atoms with E-state index in [2.05, 4.69) is 57.2 Å². The van der Waals surface area contributed by atoms with E-state index in [1.165, 1.54) is 25.7 Å². The summed E-state index contributed by atoms with van der Waals surface area (Å²) >= 11 is 0.111. The van der Waals surface area contributed by atoms with Gasteiger partial charge in [-0.1, -0.05) is 0 Å². The first-order valence-electron chi connectivity index (χ1n) is 7.96. The third kappa shape index (κ3) is 7.50. The Morgan fingerprint density at radius 3 is 2.30 bits per heavy atom. The van der Waals surface area contributed by atoms with Gasteiger partial charge in [0.05, 0.1) is 0 Å². The van der Waals surface area contributed by atoms with Crippen LogP contribution in [0.25, 0.3) is 0 Å². The molecule has 0 N–H and O–H groups in total. The fourth-order valence-electron chi connectivity index (χ4n) is 2.85. The van der Waals surface area contributed by atoms with E-state index in [4.69, 9.17) is 0 Å². The third-order valence-corrected chi connectivity index (χ3v) is 11.0. The second-order valence-electron chi connectivity index (χ2n) is 5.74. The number of benzene rings is 1. The zero-order chi connectivity index (χ0) is 14.4. The summed E-state index contributed by atoms with van der Waals surface area (Å²) in [6.45, 7) is 7.06. The average Bonchev–Trinajstić information content (AvgIpc) is 2.89. The van der Waals surface area contributed by atoms with Crippen molar-refractivity contribution in [2.75, 3.05) is 0 Å². The molecule has 0 saturated carbocycles. The van der Waals surface area contributed by atoms with E-state index in [-0.39, 0.29) is 63.0 Å². The van der Waals surface area contributed by atoms with Gasteiger partial charge in [0.1, 0.15) is 0 Å². The molecule has 5 heteroatoms. The second kappa shape index (κ2) is 13.8. The smallest absolute Gasteiger partial charge is 1.00 e. The molecule has 0 bridgehead atoms. The zero-order valence-electron chi connectivity index (χ0n) is 14.2. The summed E-state index contributed by atoms with van der Waals surface area (Å²) in [6.07, 6.45) is 7.73. The van der Waals surface area contributed by atoms with Crippen LogP contribution in [-0.2, 0) is 18.4 Å². The summed E-state index contributed by atoms with van der Waals surface area (Å²) in [6, 6.07) is 11.2. The van der Waals surface area contributed by atoms with Crippen molar-refractivity contribution in [3.8, 4) is 0 Å². The molecule has 1 atom stereocenters. The van der Waals surface area contributed by atoms with Crippen LogP contribution in [0.2, 0.25) is 0 Å². The molecule has 2 rings (SSSR count). The maximum atomic E-state index is 2.55. The Kier molecular flexibility index (Phi) is 15.4. The minimum absolute atomic E-state index is 0. The maximum Gasteiger partial charge on any atom is -1.00 e. The van der Waals surface area contributed by atoms with Gasteiger partial charge in [0, 0.05) is 0 Å². The summed E-state index contributed by atoms with van der Waals surface area (Å²) < 4.78 is 1.87. The molecule has 0 saturated heterocycles. The van der Waals surface area contributed by atoms with E-state index in [0.717, 1.165) is 5.92 Å². The molecule has 127 valence electrons. The molecule has 0 amide bonds. The summed E-state index contributed by atoms with van der Waals surface area (Å²) in [5, 5.41) is 1.66. The summed E-state index contributed by atoms with van der Waals surface area (Å²) in [5.74, 6) is 0.771. The SMILES string of the molecule is CCCC1=[C]([Ti+3][SiH2]c2ccccc2)C(C(C)CC)=CC1.[Cl-].[Cl-].[Cl-]. The van der Waals surface area contributed by atoms with E-state index >= 15 is 0 Å². The molecule has 0 heterocycles. The molecule has 23 heavy (non-hydrogen) atoms. The average molecular weight is 425 g/mol. The van der Waals surface area contributed by atoms with Gasteiger partial charge in [-0.3, -0.25) is 0 Å². The second-order valence-corrected chi connectivity index (χ2v) is 11.4. The Balaban J connectivity index is 0.